The Morgan fingerprint density at radius 3 is 2.53 bits per heavy atom. The first kappa shape index (κ1) is 11.4. The third kappa shape index (κ3) is 2.89. The number of pyridine rings is 1. The molecule has 0 saturated carbocycles. The molecule has 0 amide bonds. The van der Waals surface area contributed by atoms with Gasteiger partial charge in [0.05, 0.1) is 6.04 Å². The van der Waals surface area contributed by atoms with Crippen molar-refractivity contribution in [2.24, 2.45) is 4.99 Å². The number of carbonyl (C=O) groups excluding carboxylic acids is 1. The summed E-state index contributed by atoms with van der Waals surface area (Å²) in [4.78, 5) is 16.5. The van der Waals surface area contributed by atoms with Gasteiger partial charge in [-0.3, -0.25) is 4.98 Å². The number of alkyl halides is 3. The van der Waals surface area contributed by atoms with Gasteiger partial charge in [-0.1, -0.05) is 6.07 Å². The molecular weight excluding hydrogens is 209 g/mol. The highest BCUT2D eigenvalue weighted by Crippen LogP contribution is 2.28. The van der Waals surface area contributed by atoms with Gasteiger partial charge in [0.1, 0.15) is 5.69 Å². The van der Waals surface area contributed by atoms with E-state index in [-0.39, 0.29) is 0 Å². The number of aromatic nitrogens is 1. The van der Waals surface area contributed by atoms with Gasteiger partial charge in [0.15, 0.2) is 0 Å². The fourth-order valence-corrected chi connectivity index (χ4v) is 0.974. The molecule has 0 fully saturated rings. The predicted molar refractivity (Wildman–Crippen MR) is 45.8 cm³/mol. The summed E-state index contributed by atoms with van der Waals surface area (Å²) >= 11 is 0. The lowest BCUT2D eigenvalue weighted by atomic mass is 10.1. The van der Waals surface area contributed by atoms with Gasteiger partial charge in [0.2, 0.25) is 6.08 Å². The highest BCUT2D eigenvalue weighted by atomic mass is 19.4. The summed E-state index contributed by atoms with van der Waals surface area (Å²) in [5.41, 5.74) is -0.528. The second kappa shape index (κ2) is 4.23. The minimum Gasteiger partial charge on any atom is -0.251 e. The number of halogens is 3. The van der Waals surface area contributed by atoms with Crippen molar-refractivity contribution in [1.82, 2.24) is 4.98 Å². The zero-order valence-electron chi connectivity index (χ0n) is 7.75. The Labute approximate surface area is 83.7 Å². The average molecular weight is 216 g/mol. The Balaban J connectivity index is 2.95. The molecule has 0 aliphatic heterocycles. The molecule has 80 valence electrons. The highest BCUT2D eigenvalue weighted by molar-refractivity contribution is 5.35. The van der Waals surface area contributed by atoms with Crippen molar-refractivity contribution < 1.29 is 18.0 Å². The van der Waals surface area contributed by atoms with Crippen LogP contribution in [0.25, 0.3) is 0 Å². The van der Waals surface area contributed by atoms with E-state index in [0.29, 0.717) is 5.56 Å². The first-order chi connectivity index (χ1) is 6.95. The van der Waals surface area contributed by atoms with Gasteiger partial charge in [0, 0.05) is 6.20 Å². The summed E-state index contributed by atoms with van der Waals surface area (Å²) in [5.74, 6) is 0. The Hall–Kier alpha value is -1.68. The number of isocyanates is 1. The van der Waals surface area contributed by atoms with E-state index in [1.54, 1.807) is 6.92 Å². The molecule has 0 spiro atoms. The highest BCUT2D eigenvalue weighted by Gasteiger charge is 2.32. The zero-order chi connectivity index (χ0) is 11.5. The second-order valence-electron chi connectivity index (χ2n) is 2.87. The van der Waals surface area contributed by atoms with Crippen molar-refractivity contribution in [2.75, 3.05) is 0 Å². The lowest BCUT2D eigenvalue weighted by Gasteiger charge is -2.07. The molecule has 0 N–H and O–H groups in total. The third-order valence-corrected chi connectivity index (χ3v) is 1.81. The molecule has 1 rings (SSSR count). The van der Waals surface area contributed by atoms with Crippen molar-refractivity contribution in [3.8, 4) is 0 Å². The van der Waals surface area contributed by atoms with Crippen LogP contribution in [0.1, 0.15) is 24.2 Å². The molecule has 0 bridgehead atoms. The summed E-state index contributed by atoms with van der Waals surface area (Å²) in [6, 6.07) is 1.56. The van der Waals surface area contributed by atoms with Crippen LogP contribution in [-0.4, -0.2) is 11.1 Å². The summed E-state index contributed by atoms with van der Waals surface area (Å²) in [6.45, 7) is 1.56. The molecule has 3 nitrogen and oxygen atoms in total. The van der Waals surface area contributed by atoms with E-state index in [2.05, 4.69) is 9.98 Å². The van der Waals surface area contributed by atoms with E-state index in [1.165, 1.54) is 12.1 Å². The summed E-state index contributed by atoms with van der Waals surface area (Å²) in [5, 5.41) is 0. The summed E-state index contributed by atoms with van der Waals surface area (Å²) in [6.07, 6.45) is -2.06. The van der Waals surface area contributed by atoms with Crippen molar-refractivity contribution in [3.63, 3.8) is 0 Å². The Bertz CT molecular complexity index is 379. The van der Waals surface area contributed by atoms with E-state index in [9.17, 15) is 18.0 Å². The van der Waals surface area contributed by atoms with Gasteiger partial charge in [-0.05, 0) is 18.6 Å². The lowest BCUT2D eigenvalue weighted by Crippen LogP contribution is -2.07. The fourth-order valence-electron chi connectivity index (χ4n) is 0.974. The summed E-state index contributed by atoms with van der Waals surface area (Å²) < 4.78 is 36.4. The zero-order valence-corrected chi connectivity index (χ0v) is 7.75. The largest absolute Gasteiger partial charge is 0.433 e. The Morgan fingerprint density at radius 1 is 1.47 bits per heavy atom. The van der Waals surface area contributed by atoms with Crippen LogP contribution in [0, 0.1) is 0 Å². The molecule has 1 heterocycles. The second-order valence-corrected chi connectivity index (χ2v) is 2.87. The molecule has 1 aromatic heterocycles. The van der Waals surface area contributed by atoms with E-state index < -0.39 is 17.9 Å². The van der Waals surface area contributed by atoms with Crippen molar-refractivity contribution in [1.29, 1.82) is 0 Å². The van der Waals surface area contributed by atoms with Crippen molar-refractivity contribution >= 4 is 6.08 Å². The van der Waals surface area contributed by atoms with Gasteiger partial charge >= 0.3 is 6.18 Å². The van der Waals surface area contributed by atoms with Gasteiger partial charge < -0.3 is 0 Å². The molecule has 0 aliphatic rings. The van der Waals surface area contributed by atoms with Crippen LogP contribution in [0.3, 0.4) is 0 Å². The number of rotatable bonds is 2. The lowest BCUT2D eigenvalue weighted by molar-refractivity contribution is -0.141. The monoisotopic (exact) mass is 216 g/mol. The minimum absolute atomic E-state index is 0.436. The van der Waals surface area contributed by atoms with Gasteiger partial charge in [-0.15, -0.1) is 0 Å². The molecule has 1 atom stereocenters. The van der Waals surface area contributed by atoms with E-state index in [4.69, 9.17) is 0 Å². The normalized spacial score (nSPS) is 13.1. The summed E-state index contributed by atoms with van der Waals surface area (Å²) in [7, 11) is 0. The Morgan fingerprint density at radius 2 is 2.13 bits per heavy atom. The SMILES string of the molecule is C[C@H](N=C=O)c1ccc(C(F)(F)F)nc1. The molecule has 0 radical (unpaired) electrons. The van der Waals surface area contributed by atoms with E-state index in [1.807, 2.05) is 0 Å². The maximum Gasteiger partial charge on any atom is 0.433 e. The molecule has 0 saturated heterocycles. The topological polar surface area (TPSA) is 42.3 Å². The number of hydrogen-bond acceptors (Lipinski definition) is 3. The molecule has 0 unspecified atom stereocenters. The molecular formula is C9H7F3N2O. The smallest absolute Gasteiger partial charge is 0.251 e. The number of hydrogen-bond donors (Lipinski definition) is 0. The van der Waals surface area contributed by atoms with Crippen LogP contribution in [0.2, 0.25) is 0 Å². The molecule has 15 heavy (non-hydrogen) atoms. The van der Waals surface area contributed by atoms with Gasteiger partial charge in [0.25, 0.3) is 0 Å². The maximum absolute atomic E-state index is 12.1. The number of nitrogens with zero attached hydrogens (tertiary/aromatic N) is 2. The molecule has 0 aliphatic carbocycles. The minimum atomic E-state index is -4.45. The Kier molecular flexibility index (Phi) is 3.21. The van der Waals surface area contributed by atoms with Crippen molar-refractivity contribution in [2.45, 2.75) is 19.1 Å². The quantitative estimate of drug-likeness (QED) is 0.563. The van der Waals surface area contributed by atoms with Crippen LogP contribution >= 0.6 is 0 Å². The van der Waals surface area contributed by atoms with Crippen molar-refractivity contribution in [3.05, 3.63) is 29.6 Å². The third-order valence-electron chi connectivity index (χ3n) is 1.81. The van der Waals surface area contributed by atoms with Crippen LogP contribution in [-0.2, 0) is 11.0 Å². The van der Waals surface area contributed by atoms with Crippen LogP contribution in [0.5, 0.6) is 0 Å². The molecule has 0 aromatic carbocycles. The van der Waals surface area contributed by atoms with E-state index >= 15 is 0 Å². The van der Waals surface area contributed by atoms with Crippen LogP contribution < -0.4 is 0 Å². The van der Waals surface area contributed by atoms with Gasteiger partial charge in [-0.2, -0.15) is 18.2 Å². The molecule has 1 aromatic rings. The first-order valence-electron chi connectivity index (χ1n) is 4.05. The average Bonchev–Trinajstić information content (AvgIpc) is 2.17. The van der Waals surface area contributed by atoms with E-state index in [0.717, 1.165) is 12.3 Å². The van der Waals surface area contributed by atoms with Crippen LogP contribution in [0.4, 0.5) is 13.2 Å². The first-order valence-corrected chi connectivity index (χ1v) is 4.05. The predicted octanol–water partition coefficient (Wildman–Crippen LogP) is 2.50. The maximum atomic E-state index is 12.1. The molecule has 6 heteroatoms. The van der Waals surface area contributed by atoms with Crippen LogP contribution in [0.15, 0.2) is 23.3 Å². The standard InChI is InChI=1S/C9H7F3N2O/c1-6(14-5-15)7-2-3-8(13-4-7)9(10,11)12/h2-4,6H,1H3/t6-/m0/s1. The van der Waals surface area contributed by atoms with Gasteiger partial charge in [-0.25, -0.2) is 4.79 Å². The fraction of sp³-hybridized carbons (Fsp3) is 0.333. The number of aliphatic imine (C=N–C) groups is 1.